The van der Waals surface area contributed by atoms with Crippen LogP contribution in [0.25, 0.3) is 72.6 Å². The summed E-state index contributed by atoms with van der Waals surface area (Å²) in [6.07, 6.45) is 0.303. The second kappa shape index (κ2) is 17.6. The molecule has 4 heterocycles. The van der Waals surface area contributed by atoms with Crippen molar-refractivity contribution >= 4 is 50.8 Å². The monoisotopic (exact) mass is 1060 g/mol. The molecule has 7 heteroatoms. The number of hydrogen-bond donors (Lipinski definition) is 0. The van der Waals surface area contributed by atoms with Gasteiger partial charge in [-0.3, -0.25) is 4.98 Å². The molecule has 0 bridgehead atoms. The van der Waals surface area contributed by atoms with Crippen LogP contribution in [0.15, 0.2) is 132 Å². The van der Waals surface area contributed by atoms with Gasteiger partial charge in [0.15, 0.2) is 0 Å². The molecule has 0 unspecified atom stereocenters. The van der Waals surface area contributed by atoms with Crippen LogP contribution < -0.4 is 4.40 Å². The summed E-state index contributed by atoms with van der Waals surface area (Å²) >= 11 is -2.36. The Balaban J connectivity index is 0.000000211. The van der Waals surface area contributed by atoms with E-state index >= 15 is 0 Å². The average molecular weight is 1060 g/mol. The summed E-state index contributed by atoms with van der Waals surface area (Å²) in [4.78, 5) is 14.4. The Morgan fingerprint density at radius 3 is 2.26 bits per heavy atom. The van der Waals surface area contributed by atoms with E-state index in [-0.39, 0.29) is 31.1 Å². The molecule has 0 saturated carbocycles. The third-order valence-electron chi connectivity index (χ3n) is 10.7. The molecule has 4 aromatic heterocycles. The fraction of sp³-hybridized carbons (Fsp3) is 0.255. The Labute approximate surface area is 390 Å². The molecule has 62 heavy (non-hydrogen) atoms. The van der Waals surface area contributed by atoms with E-state index in [1.54, 1.807) is 12.1 Å². The van der Waals surface area contributed by atoms with Crippen LogP contribution in [-0.2, 0) is 31.9 Å². The summed E-state index contributed by atoms with van der Waals surface area (Å²) in [5.41, 5.74) is 11.4. The Bertz CT molecular complexity index is 3230. The quantitative estimate of drug-likeness (QED) is 0.123. The number of nitrogens with zero attached hydrogens (tertiary/aromatic N) is 4. The number of pyridine rings is 2. The van der Waals surface area contributed by atoms with Gasteiger partial charge >= 0.3 is 145 Å². The van der Waals surface area contributed by atoms with Crippen molar-refractivity contribution in [3.05, 3.63) is 162 Å². The van der Waals surface area contributed by atoms with Gasteiger partial charge in [0.2, 0.25) is 5.71 Å². The summed E-state index contributed by atoms with van der Waals surface area (Å²) in [5, 5.41) is 2.00. The van der Waals surface area contributed by atoms with E-state index in [2.05, 4.69) is 138 Å². The molecule has 0 aliphatic rings. The molecule has 9 rings (SSSR count). The summed E-state index contributed by atoms with van der Waals surface area (Å²) in [5.74, 6) is 7.49. The van der Waals surface area contributed by atoms with Crippen molar-refractivity contribution in [1.82, 2.24) is 19.5 Å². The molecule has 1 radical (unpaired) electrons. The van der Waals surface area contributed by atoms with E-state index in [0.717, 1.165) is 65.7 Å². The summed E-state index contributed by atoms with van der Waals surface area (Å²) < 4.78 is 49.7. The fourth-order valence-corrected chi connectivity index (χ4v) is 10.6. The number of hydrogen-bond acceptors (Lipinski definition) is 4. The van der Waals surface area contributed by atoms with Gasteiger partial charge in [0, 0.05) is 42.4 Å². The number of benzene rings is 5. The number of rotatable bonds is 6. The van der Waals surface area contributed by atoms with Crippen LogP contribution in [0.1, 0.15) is 70.8 Å². The molecule has 5 aromatic carbocycles. The molecule has 0 atom stereocenters. The van der Waals surface area contributed by atoms with Gasteiger partial charge in [0.25, 0.3) is 0 Å². The molecule has 5 nitrogen and oxygen atoms in total. The average Bonchev–Trinajstić information content (AvgIpc) is 3.83. The van der Waals surface area contributed by atoms with E-state index in [4.69, 9.17) is 16.3 Å². The third-order valence-corrected chi connectivity index (χ3v) is 14.9. The molecular weight excluding hydrogens is 997 g/mol. The maximum Gasteiger partial charge on any atom is 0 e. The Morgan fingerprint density at radius 1 is 0.806 bits per heavy atom. The van der Waals surface area contributed by atoms with E-state index in [9.17, 15) is 0 Å². The molecule has 317 valence electrons. The minimum absolute atomic E-state index is 0. The van der Waals surface area contributed by atoms with E-state index < -0.39 is 31.9 Å². The summed E-state index contributed by atoms with van der Waals surface area (Å²) in [6, 6.07) is 46.8. The zero-order valence-corrected chi connectivity index (χ0v) is 41.6. The summed E-state index contributed by atoms with van der Waals surface area (Å²) in [7, 11) is 0. The predicted molar refractivity (Wildman–Crippen MR) is 259 cm³/mol. The van der Waals surface area contributed by atoms with Crippen molar-refractivity contribution in [2.24, 2.45) is 5.41 Å². The minimum Gasteiger partial charge on any atom is 0 e. The number of para-hydroxylation sites is 2. The molecule has 0 aliphatic heterocycles. The van der Waals surface area contributed by atoms with Crippen molar-refractivity contribution in [2.45, 2.75) is 84.4 Å². The van der Waals surface area contributed by atoms with Gasteiger partial charge in [-0.25, -0.2) is 4.98 Å². The van der Waals surface area contributed by atoms with Crippen LogP contribution in [0, 0.1) is 31.3 Å². The van der Waals surface area contributed by atoms with Gasteiger partial charge in [-0.2, -0.15) is 0 Å². The first-order valence-corrected chi connectivity index (χ1v) is 28.2. The second-order valence-electron chi connectivity index (χ2n) is 18.8. The SMILES string of the molecule is Cc1ccc2c(n1)oc1c(-c3nc4ccccc4n3-c3ccc(C(C)(C)C)cc3-c3ccccc3)[c-]ccc12.[2H]C([2H])([2H])c1c[c-]c(-c2cc(C([2H])([2H])C(C)(C)C)[c]([Ge]([CH3])([CH3])[CH3])cn2)cc1.[Ir]. The molecule has 0 N–H and O–H groups in total. The largest absolute Gasteiger partial charge is 0 e. The first kappa shape index (κ1) is 38.5. The van der Waals surface area contributed by atoms with Crippen molar-refractivity contribution in [3.63, 3.8) is 0 Å². The van der Waals surface area contributed by atoms with Gasteiger partial charge < -0.3 is 8.98 Å². The maximum absolute atomic E-state index is 8.80. The number of aromatic nitrogens is 4. The second-order valence-corrected chi connectivity index (χ2v) is 29.4. The van der Waals surface area contributed by atoms with Crippen LogP contribution in [0.4, 0.5) is 0 Å². The van der Waals surface area contributed by atoms with Crippen molar-refractivity contribution in [1.29, 1.82) is 0 Å². The molecule has 0 aliphatic carbocycles. The number of furan rings is 1. The van der Waals surface area contributed by atoms with Gasteiger partial charge in [-0.05, 0) is 59.9 Å². The van der Waals surface area contributed by atoms with Crippen LogP contribution in [0.5, 0.6) is 0 Å². The number of aryl methyl sites for hydroxylation is 2. The topological polar surface area (TPSA) is 56.7 Å². The standard InChI is InChI=1S/C35H28N3O.C20H28GeN.Ir/c1-22-17-19-26-25-13-10-14-27(32(25)39-34(26)36-22)33-37-29-15-8-9-16-31(29)38(33)30-20-18-24(35(2,3)4)21-28(30)23-11-6-5-7-12-23;1-15-8-10-16(11-9-15)19-12-17(13-20(2,3)4)18(14-22-19)21(5,6)7;/h5-13,15-21H,1-4H3;8-10,12,14H,13H2,1-7H3;/q2*-1;/i;1D3,13D2;. The predicted octanol–water partition coefficient (Wildman–Crippen LogP) is 14.0. The van der Waals surface area contributed by atoms with Gasteiger partial charge in [-0.1, -0.05) is 80.3 Å². The van der Waals surface area contributed by atoms with Crippen molar-refractivity contribution in [2.75, 3.05) is 0 Å². The third kappa shape index (κ3) is 9.44. The van der Waals surface area contributed by atoms with Crippen molar-refractivity contribution in [3.8, 4) is 39.5 Å². The molecule has 0 saturated heterocycles. The van der Waals surface area contributed by atoms with Gasteiger partial charge in [0.1, 0.15) is 0 Å². The van der Waals surface area contributed by atoms with E-state index in [1.807, 2.05) is 64.2 Å². The van der Waals surface area contributed by atoms with Gasteiger partial charge in [-0.15, -0.1) is 18.2 Å². The van der Waals surface area contributed by atoms with Gasteiger partial charge in [0.05, 0.1) is 22.4 Å². The maximum atomic E-state index is 8.80. The molecular formula is C55H56GeIrN4O-2. The first-order chi connectivity index (χ1) is 30.9. The smallest absolute Gasteiger partial charge is 0 e. The van der Waals surface area contributed by atoms with Crippen LogP contribution in [-0.4, -0.2) is 32.8 Å². The number of imidazole rings is 1. The van der Waals surface area contributed by atoms with Crippen LogP contribution in [0.2, 0.25) is 17.3 Å². The first-order valence-electron chi connectivity index (χ1n) is 23.4. The molecule has 9 aromatic rings. The summed E-state index contributed by atoms with van der Waals surface area (Å²) in [6.45, 7) is 12.3. The normalized spacial score (nSPS) is 13.7. The Kier molecular flexibility index (Phi) is 10.9. The van der Waals surface area contributed by atoms with E-state index in [1.165, 1.54) is 11.6 Å². The van der Waals surface area contributed by atoms with Crippen LogP contribution >= 0.6 is 0 Å². The molecule has 0 amide bonds. The fourth-order valence-electron chi connectivity index (χ4n) is 7.66. The van der Waals surface area contributed by atoms with Crippen LogP contribution in [0.3, 0.4) is 0 Å². The Hall–Kier alpha value is -5.14. The molecule has 0 spiro atoms. The Morgan fingerprint density at radius 2 is 1.56 bits per heavy atom. The van der Waals surface area contributed by atoms with E-state index in [0.29, 0.717) is 22.5 Å². The van der Waals surface area contributed by atoms with Crippen molar-refractivity contribution < 1.29 is 31.4 Å². The minimum atomic E-state index is -2.36. The zero-order chi connectivity index (χ0) is 47.6. The zero-order valence-electron chi connectivity index (χ0n) is 42.2. The molecule has 0 fully saturated rings. The number of fused-ring (bicyclic) bond motifs is 4.